The van der Waals surface area contributed by atoms with Gasteiger partial charge in [0.1, 0.15) is 0 Å². The molecule has 0 spiro atoms. The minimum Gasteiger partial charge on any atom is -0.362 e. The van der Waals surface area contributed by atoms with Crippen molar-refractivity contribution in [3.63, 3.8) is 0 Å². The number of likely N-dealkylation sites (N-methyl/N-ethyl adjacent to an activating group) is 1. The number of nitrogens with zero attached hydrogens (tertiary/aromatic N) is 2. The van der Waals surface area contributed by atoms with Crippen LogP contribution in [0.4, 0.5) is 20.2 Å². The van der Waals surface area contributed by atoms with Crippen LogP contribution in [0.5, 0.6) is 0 Å². The molecule has 0 saturated carbocycles. The van der Waals surface area contributed by atoms with E-state index in [4.69, 9.17) is 0 Å². The number of nitrogens with one attached hydrogen (secondary N) is 1. The first kappa shape index (κ1) is 15.6. The van der Waals surface area contributed by atoms with Crippen LogP contribution in [0.15, 0.2) is 12.1 Å². The summed E-state index contributed by atoms with van der Waals surface area (Å²) in [5.41, 5.74) is -0.651. The lowest BCUT2D eigenvalue weighted by Gasteiger charge is -2.31. The van der Waals surface area contributed by atoms with Gasteiger partial charge in [-0.15, -0.1) is 0 Å². The number of rotatable bonds is 5. The fourth-order valence-electron chi connectivity index (χ4n) is 2.70. The van der Waals surface area contributed by atoms with Crippen LogP contribution in [0, 0.1) is 21.7 Å². The van der Waals surface area contributed by atoms with E-state index in [2.05, 4.69) is 5.32 Å². The maximum atomic E-state index is 14.1. The third-order valence-electron chi connectivity index (χ3n) is 3.80. The van der Waals surface area contributed by atoms with Gasteiger partial charge in [-0.2, -0.15) is 0 Å². The number of benzene rings is 1. The van der Waals surface area contributed by atoms with E-state index in [1.165, 1.54) is 0 Å². The smallest absolute Gasteiger partial charge is 0.295 e. The summed E-state index contributed by atoms with van der Waals surface area (Å²) in [5, 5.41) is 14.4. The zero-order valence-corrected chi connectivity index (χ0v) is 11.9. The molecule has 5 nitrogen and oxygen atoms in total. The van der Waals surface area contributed by atoms with E-state index in [9.17, 15) is 18.9 Å². The number of nitro benzene ring substituents is 1. The van der Waals surface area contributed by atoms with Crippen molar-refractivity contribution in [2.75, 3.05) is 24.5 Å². The highest BCUT2D eigenvalue weighted by atomic mass is 19.2. The van der Waals surface area contributed by atoms with Crippen LogP contribution in [0.3, 0.4) is 0 Å². The fourth-order valence-corrected chi connectivity index (χ4v) is 2.70. The molecule has 1 aromatic carbocycles. The highest BCUT2D eigenvalue weighted by Gasteiger charge is 2.27. The highest BCUT2D eigenvalue weighted by molar-refractivity contribution is 5.64. The standard InChI is InChI=1S/C14H19F2N3O2/c1-2-18(9-10-5-3-4-8-17-10)14-12(19(20)21)7-6-11(15)13(14)16/h6-7,10,17H,2-5,8-9H2,1H3. The third kappa shape index (κ3) is 3.47. The molecule has 0 radical (unpaired) electrons. The Labute approximate surface area is 122 Å². The van der Waals surface area contributed by atoms with Crippen LogP contribution >= 0.6 is 0 Å². The monoisotopic (exact) mass is 299 g/mol. The molecule has 1 aliphatic heterocycles. The van der Waals surface area contributed by atoms with Gasteiger partial charge in [0.25, 0.3) is 5.69 Å². The fraction of sp³-hybridized carbons (Fsp3) is 0.571. The van der Waals surface area contributed by atoms with Crippen LogP contribution in [-0.2, 0) is 0 Å². The van der Waals surface area contributed by atoms with Crippen LogP contribution in [0.25, 0.3) is 0 Å². The first-order valence-corrected chi connectivity index (χ1v) is 7.15. The first-order valence-electron chi connectivity index (χ1n) is 7.15. The Hall–Kier alpha value is -1.76. The van der Waals surface area contributed by atoms with Crippen LogP contribution < -0.4 is 10.2 Å². The number of piperidine rings is 1. The van der Waals surface area contributed by atoms with E-state index in [-0.39, 0.29) is 11.7 Å². The molecule has 1 atom stereocenters. The first-order chi connectivity index (χ1) is 10.0. The Balaban J connectivity index is 2.31. The molecule has 0 aromatic heterocycles. The average Bonchev–Trinajstić information content (AvgIpc) is 2.48. The molecule has 21 heavy (non-hydrogen) atoms. The van der Waals surface area contributed by atoms with E-state index in [0.29, 0.717) is 13.1 Å². The number of halogens is 2. The predicted molar refractivity (Wildman–Crippen MR) is 76.5 cm³/mol. The molecule has 1 heterocycles. The van der Waals surface area contributed by atoms with Gasteiger partial charge < -0.3 is 10.2 Å². The zero-order chi connectivity index (χ0) is 15.4. The van der Waals surface area contributed by atoms with Gasteiger partial charge >= 0.3 is 0 Å². The van der Waals surface area contributed by atoms with Gasteiger partial charge in [-0.1, -0.05) is 6.42 Å². The van der Waals surface area contributed by atoms with Crippen molar-refractivity contribution in [3.05, 3.63) is 33.9 Å². The molecule has 0 aliphatic carbocycles. The summed E-state index contributed by atoms with van der Waals surface area (Å²) in [6, 6.07) is 1.95. The second kappa shape index (κ2) is 6.80. The van der Waals surface area contributed by atoms with Crippen molar-refractivity contribution in [1.29, 1.82) is 0 Å². The second-order valence-electron chi connectivity index (χ2n) is 5.17. The Bertz CT molecular complexity index is 519. The highest BCUT2D eigenvalue weighted by Crippen LogP contribution is 2.33. The quantitative estimate of drug-likeness (QED) is 0.671. The van der Waals surface area contributed by atoms with Crippen molar-refractivity contribution in [2.24, 2.45) is 0 Å². The van der Waals surface area contributed by atoms with Crippen LogP contribution in [0.1, 0.15) is 26.2 Å². The zero-order valence-electron chi connectivity index (χ0n) is 11.9. The van der Waals surface area contributed by atoms with Gasteiger partial charge in [0.2, 0.25) is 0 Å². The average molecular weight is 299 g/mol. The number of anilines is 1. The molecule has 1 aliphatic rings. The summed E-state index contributed by atoms with van der Waals surface area (Å²) in [6.07, 6.45) is 3.10. The molecule has 0 amide bonds. The summed E-state index contributed by atoms with van der Waals surface area (Å²) in [6.45, 7) is 3.46. The van der Waals surface area contributed by atoms with Crippen molar-refractivity contribution < 1.29 is 13.7 Å². The summed E-state index contributed by atoms with van der Waals surface area (Å²) >= 11 is 0. The van der Waals surface area contributed by atoms with E-state index in [1.807, 2.05) is 0 Å². The molecule has 116 valence electrons. The van der Waals surface area contributed by atoms with E-state index in [1.54, 1.807) is 11.8 Å². The Morgan fingerprint density at radius 2 is 2.19 bits per heavy atom. The molecule has 7 heteroatoms. The van der Waals surface area contributed by atoms with Crippen molar-refractivity contribution in [2.45, 2.75) is 32.2 Å². The molecule has 1 saturated heterocycles. The van der Waals surface area contributed by atoms with Crippen molar-refractivity contribution >= 4 is 11.4 Å². The molecule has 2 rings (SSSR count). The molecular weight excluding hydrogens is 280 g/mol. The topological polar surface area (TPSA) is 58.4 Å². The summed E-state index contributed by atoms with van der Waals surface area (Å²) in [4.78, 5) is 11.9. The predicted octanol–water partition coefficient (Wildman–Crippen LogP) is 2.84. The lowest BCUT2D eigenvalue weighted by atomic mass is 10.0. The maximum Gasteiger partial charge on any atom is 0.295 e. The summed E-state index contributed by atoms with van der Waals surface area (Å²) in [5.74, 6) is -2.22. The maximum absolute atomic E-state index is 14.1. The Morgan fingerprint density at radius 1 is 1.43 bits per heavy atom. The molecule has 0 bridgehead atoms. The van der Waals surface area contributed by atoms with Crippen LogP contribution in [-0.4, -0.2) is 30.6 Å². The number of hydrogen-bond acceptors (Lipinski definition) is 4. The lowest BCUT2D eigenvalue weighted by molar-refractivity contribution is -0.384. The van der Waals surface area contributed by atoms with E-state index < -0.39 is 22.2 Å². The molecule has 1 N–H and O–H groups in total. The summed E-state index contributed by atoms with van der Waals surface area (Å²) in [7, 11) is 0. The van der Waals surface area contributed by atoms with Crippen molar-refractivity contribution in [3.8, 4) is 0 Å². The Morgan fingerprint density at radius 3 is 2.76 bits per heavy atom. The van der Waals surface area contributed by atoms with Gasteiger partial charge in [0.15, 0.2) is 17.3 Å². The van der Waals surface area contributed by atoms with E-state index in [0.717, 1.165) is 37.9 Å². The molecule has 1 unspecified atom stereocenters. The van der Waals surface area contributed by atoms with Crippen LogP contribution in [0.2, 0.25) is 0 Å². The minimum absolute atomic E-state index is 0.140. The normalized spacial score (nSPS) is 18.5. The second-order valence-corrected chi connectivity index (χ2v) is 5.17. The van der Waals surface area contributed by atoms with Gasteiger partial charge in [0, 0.05) is 25.2 Å². The minimum atomic E-state index is -1.15. The van der Waals surface area contributed by atoms with Gasteiger partial charge in [-0.25, -0.2) is 8.78 Å². The largest absolute Gasteiger partial charge is 0.362 e. The third-order valence-corrected chi connectivity index (χ3v) is 3.80. The molecule has 1 aromatic rings. The Kier molecular flexibility index (Phi) is 5.06. The van der Waals surface area contributed by atoms with Crippen molar-refractivity contribution in [1.82, 2.24) is 5.32 Å². The van der Waals surface area contributed by atoms with Gasteiger partial charge in [0.05, 0.1) is 4.92 Å². The number of hydrogen-bond donors (Lipinski definition) is 1. The van der Waals surface area contributed by atoms with Gasteiger partial charge in [-0.3, -0.25) is 10.1 Å². The molecular formula is C14H19F2N3O2. The lowest BCUT2D eigenvalue weighted by Crippen LogP contribution is -2.44. The SMILES string of the molecule is CCN(CC1CCCCN1)c1c([N+](=O)[O-])ccc(F)c1F. The van der Waals surface area contributed by atoms with E-state index >= 15 is 0 Å². The summed E-state index contributed by atoms with van der Waals surface area (Å²) < 4.78 is 27.5. The van der Waals surface area contributed by atoms with Gasteiger partial charge in [-0.05, 0) is 32.4 Å². The molecule has 1 fully saturated rings. The number of nitro groups is 1.